The van der Waals surface area contributed by atoms with E-state index in [4.69, 9.17) is 5.41 Å². The molecule has 2 aliphatic carbocycles. The maximum Gasteiger partial charge on any atom is 0.289 e. The van der Waals surface area contributed by atoms with E-state index in [1.165, 1.54) is 0 Å². The van der Waals surface area contributed by atoms with Crippen molar-refractivity contribution >= 4 is 53.3 Å². The van der Waals surface area contributed by atoms with Gasteiger partial charge in [-0.05, 0) is 64.5 Å². The zero-order chi connectivity index (χ0) is 22.7. The zero-order valence-corrected chi connectivity index (χ0v) is 21.4. The maximum absolute atomic E-state index is 13.0. The highest BCUT2D eigenvalue weighted by atomic mass is 35.5. The molecule has 0 aliphatic heterocycles. The number of carbonyl (C=O) groups excluding carboxylic acids is 1. The molecule has 1 amide bonds. The number of aromatic nitrogens is 2. The SMILES string of the molecule is CC(=N)N[C@@H]1CCCC[C@@H]1Nc1nc(C(=O)N[C@H]2CC[C@H](O)CC2)nc2ccc(C)cc12.Cl.Cl. The molecule has 2 aliphatic rings. The fourth-order valence-corrected chi connectivity index (χ4v) is 4.85. The number of amidine groups is 1. The van der Waals surface area contributed by atoms with Crippen LogP contribution in [0.15, 0.2) is 18.2 Å². The number of aliphatic hydroxyl groups excluding tert-OH is 1. The molecular formula is C24H36Cl2N6O2. The smallest absolute Gasteiger partial charge is 0.289 e. The van der Waals surface area contributed by atoms with Crippen molar-refractivity contribution in [2.75, 3.05) is 5.32 Å². The van der Waals surface area contributed by atoms with Gasteiger partial charge in [0.25, 0.3) is 5.91 Å². The first-order valence-corrected chi connectivity index (χ1v) is 11.7. The van der Waals surface area contributed by atoms with Gasteiger partial charge in [0.05, 0.1) is 17.5 Å². The highest BCUT2D eigenvalue weighted by molar-refractivity contribution is 5.96. The molecule has 10 heteroatoms. The summed E-state index contributed by atoms with van der Waals surface area (Å²) < 4.78 is 0. The summed E-state index contributed by atoms with van der Waals surface area (Å²) in [5.74, 6) is 1.03. The number of halogens is 2. The molecule has 0 radical (unpaired) electrons. The van der Waals surface area contributed by atoms with Crippen molar-refractivity contribution in [2.45, 2.75) is 89.4 Å². The fourth-order valence-electron chi connectivity index (χ4n) is 4.85. The molecule has 2 aromatic rings. The number of aryl methyl sites for hydroxylation is 1. The normalized spacial score (nSPS) is 24.3. The van der Waals surface area contributed by atoms with Crippen LogP contribution >= 0.6 is 24.8 Å². The van der Waals surface area contributed by atoms with E-state index in [1.54, 1.807) is 6.92 Å². The molecule has 2 fully saturated rings. The number of fused-ring (bicyclic) bond motifs is 1. The molecular weight excluding hydrogens is 475 g/mol. The van der Waals surface area contributed by atoms with E-state index in [9.17, 15) is 9.90 Å². The Hall–Kier alpha value is -2.16. The molecule has 5 N–H and O–H groups in total. The first-order valence-electron chi connectivity index (χ1n) is 11.7. The second-order valence-electron chi connectivity index (χ2n) is 9.31. The summed E-state index contributed by atoms with van der Waals surface area (Å²) >= 11 is 0. The third kappa shape index (κ3) is 6.93. The number of hydrogen-bond acceptors (Lipinski definition) is 6. The van der Waals surface area contributed by atoms with E-state index in [2.05, 4.69) is 32.0 Å². The van der Waals surface area contributed by atoms with Gasteiger partial charge in [-0.2, -0.15) is 0 Å². The Balaban J connectivity index is 0.00000204. The van der Waals surface area contributed by atoms with Gasteiger partial charge in [0.1, 0.15) is 5.82 Å². The van der Waals surface area contributed by atoms with Gasteiger partial charge in [0.2, 0.25) is 5.82 Å². The van der Waals surface area contributed by atoms with Crippen LogP contribution in [-0.4, -0.2) is 51.0 Å². The lowest BCUT2D eigenvalue weighted by Gasteiger charge is -2.33. The second-order valence-corrected chi connectivity index (χ2v) is 9.31. The zero-order valence-electron chi connectivity index (χ0n) is 19.8. The number of rotatable bonds is 5. The predicted octanol–water partition coefficient (Wildman–Crippen LogP) is 4.12. The molecule has 2 saturated carbocycles. The summed E-state index contributed by atoms with van der Waals surface area (Å²) in [7, 11) is 0. The lowest BCUT2D eigenvalue weighted by molar-refractivity contribution is 0.0859. The van der Waals surface area contributed by atoms with Crippen molar-refractivity contribution in [3.63, 3.8) is 0 Å². The van der Waals surface area contributed by atoms with Gasteiger partial charge in [0, 0.05) is 23.5 Å². The van der Waals surface area contributed by atoms with E-state index in [1.807, 2.05) is 19.1 Å². The highest BCUT2D eigenvalue weighted by Crippen LogP contribution is 2.27. The molecule has 1 aromatic heterocycles. The van der Waals surface area contributed by atoms with Gasteiger partial charge in [-0.1, -0.05) is 24.5 Å². The van der Waals surface area contributed by atoms with Crippen LogP contribution in [0.25, 0.3) is 10.9 Å². The molecule has 188 valence electrons. The molecule has 0 unspecified atom stereocenters. The Kier molecular flexibility index (Phi) is 10.3. The Morgan fingerprint density at radius 2 is 1.68 bits per heavy atom. The summed E-state index contributed by atoms with van der Waals surface area (Å²) in [5, 5.41) is 28.4. The van der Waals surface area contributed by atoms with Crippen molar-refractivity contribution in [1.29, 1.82) is 5.41 Å². The van der Waals surface area contributed by atoms with Crippen molar-refractivity contribution in [2.24, 2.45) is 0 Å². The molecule has 0 bridgehead atoms. The quantitative estimate of drug-likeness (QED) is 0.304. The van der Waals surface area contributed by atoms with Gasteiger partial charge >= 0.3 is 0 Å². The number of anilines is 1. The Labute approximate surface area is 213 Å². The summed E-state index contributed by atoms with van der Waals surface area (Å²) in [6.07, 6.45) is 6.92. The second kappa shape index (κ2) is 12.5. The summed E-state index contributed by atoms with van der Waals surface area (Å²) in [6, 6.07) is 6.30. The molecule has 4 rings (SSSR count). The van der Waals surface area contributed by atoms with Crippen molar-refractivity contribution < 1.29 is 9.90 Å². The van der Waals surface area contributed by atoms with Crippen molar-refractivity contribution in [1.82, 2.24) is 20.6 Å². The minimum atomic E-state index is -0.273. The molecule has 0 saturated heterocycles. The van der Waals surface area contributed by atoms with Crippen molar-refractivity contribution in [3.8, 4) is 0 Å². The van der Waals surface area contributed by atoms with Gasteiger partial charge < -0.3 is 21.1 Å². The third-order valence-corrected chi connectivity index (χ3v) is 6.58. The number of nitrogens with one attached hydrogen (secondary N) is 4. The minimum absolute atomic E-state index is 0. The monoisotopic (exact) mass is 510 g/mol. The predicted molar refractivity (Wildman–Crippen MR) is 141 cm³/mol. The third-order valence-electron chi connectivity index (χ3n) is 6.58. The van der Waals surface area contributed by atoms with Crippen molar-refractivity contribution in [3.05, 3.63) is 29.6 Å². The maximum atomic E-state index is 13.0. The van der Waals surface area contributed by atoms with E-state index < -0.39 is 0 Å². The molecule has 2 atom stereocenters. The van der Waals surface area contributed by atoms with Crippen LogP contribution in [0.1, 0.15) is 74.5 Å². The van der Waals surface area contributed by atoms with Gasteiger partial charge in [0.15, 0.2) is 0 Å². The van der Waals surface area contributed by atoms with Crippen LogP contribution in [0.2, 0.25) is 0 Å². The lowest BCUT2D eigenvalue weighted by atomic mass is 9.90. The van der Waals surface area contributed by atoms with E-state index in [-0.39, 0.29) is 60.8 Å². The van der Waals surface area contributed by atoms with Crippen LogP contribution in [0, 0.1) is 12.3 Å². The molecule has 0 spiro atoms. The number of amides is 1. The summed E-state index contributed by atoms with van der Waals surface area (Å²) in [4.78, 5) is 22.2. The highest BCUT2D eigenvalue weighted by Gasteiger charge is 2.27. The molecule has 1 heterocycles. The fraction of sp³-hybridized carbons (Fsp3) is 0.583. The Morgan fingerprint density at radius 1 is 1.00 bits per heavy atom. The first-order chi connectivity index (χ1) is 15.4. The first kappa shape index (κ1) is 28.1. The average molecular weight is 511 g/mol. The minimum Gasteiger partial charge on any atom is -0.393 e. The standard InChI is InChI=1S/C24H34N6O2.2ClH/c1-14-7-12-19-18(13-14)22(29-21-6-4-3-5-20(21)26-15(2)25)30-23(28-19)24(32)27-16-8-10-17(31)11-9-16;;/h7,12-13,16-17,20-21,31H,3-6,8-11H2,1-2H3,(H2,25,26)(H,27,32)(H,28,29,30);2*1H/t16-,17-,20-,21+;;/m1../s1. The van der Waals surface area contributed by atoms with Crippen LogP contribution < -0.4 is 16.0 Å². The van der Waals surface area contributed by atoms with Crippen LogP contribution in [0.4, 0.5) is 5.82 Å². The summed E-state index contributed by atoms with van der Waals surface area (Å²) in [6.45, 7) is 3.80. The average Bonchev–Trinajstić information content (AvgIpc) is 2.76. The molecule has 8 nitrogen and oxygen atoms in total. The lowest BCUT2D eigenvalue weighted by Crippen LogP contribution is -2.48. The molecule has 34 heavy (non-hydrogen) atoms. The largest absolute Gasteiger partial charge is 0.393 e. The number of hydrogen-bond donors (Lipinski definition) is 5. The van der Waals surface area contributed by atoms with Gasteiger partial charge in [-0.25, -0.2) is 9.97 Å². The topological polar surface area (TPSA) is 123 Å². The summed E-state index contributed by atoms with van der Waals surface area (Å²) in [5.41, 5.74) is 1.84. The van der Waals surface area contributed by atoms with Crippen LogP contribution in [0.5, 0.6) is 0 Å². The van der Waals surface area contributed by atoms with E-state index in [0.29, 0.717) is 24.5 Å². The van der Waals surface area contributed by atoms with Gasteiger partial charge in [-0.3, -0.25) is 10.2 Å². The Morgan fingerprint density at radius 3 is 2.35 bits per heavy atom. The number of nitrogens with zero attached hydrogens (tertiary/aromatic N) is 2. The number of carbonyl (C=O) groups is 1. The van der Waals surface area contributed by atoms with Crippen LogP contribution in [-0.2, 0) is 0 Å². The molecule has 1 aromatic carbocycles. The number of benzene rings is 1. The number of aliphatic hydroxyl groups is 1. The van der Waals surface area contributed by atoms with E-state index >= 15 is 0 Å². The van der Waals surface area contributed by atoms with E-state index in [0.717, 1.165) is 55.0 Å². The van der Waals surface area contributed by atoms with Crippen LogP contribution in [0.3, 0.4) is 0 Å². The Bertz CT molecular complexity index is 997. The van der Waals surface area contributed by atoms with Gasteiger partial charge in [-0.15, -0.1) is 24.8 Å².